The molecule has 0 aliphatic carbocycles. The first-order valence-electron chi connectivity index (χ1n) is 11.6. The number of likely N-dealkylation sites (tertiary alicyclic amines) is 1. The van der Waals surface area contributed by atoms with Crippen molar-refractivity contribution in [2.24, 2.45) is 22.1 Å². The first kappa shape index (κ1) is 27.1. The fourth-order valence-corrected chi connectivity index (χ4v) is 5.11. The highest BCUT2D eigenvalue weighted by molar-refractivity contribution is 7.14. The summed E-state index contributed by atoms with van der Waals surface area (Å²) in [5.74, 6) is -2.81. The maximum absolute atomic E-state index is 14.5. The number of piperidine rings is 1. The number of carbonyl (C=O) groups excluding carboxylic acids is 2. The lowest BCUT2D eigenvalue weighted by Gasteiger charge is -2.36. The molecule has 0 spiro atoms. The molecule has 8 nitrogen and oxygen atoms in total. The van der Waals surface area contributed by atoms with Gasteiger partial charge >= 0.3 is 11.9 Å². The standard InChI is InChI=1S/C26H30FN3O5S/c1-4-11-29-22(28)17-5-7-20(19(27)14-17)35-24(33)21-8-6-18(36-21)15-26(2,3)25(34)30-12-9-16(10-13-30)23(31)32/h4-8,14,16H,1,9-13,15H2,2-3H3,(H2,28,29)(H,31,32). The van der Waals surface area contributed by atoms with E-state index in [1.807, 2.05) is 13.8 Å². The van der Waals surface area contributed by atoms with E-state index in [2.05, 4.69) is 11.6 Å². The minimum absolute atomic E-state index is 0.0538. The number of carboxylic acid groups (broad SMARTS) is 1. The van der Waals surface area contributed by atoms with Crippen LogP contribution in [0, 0.1) is 17.2 Å². The minimum atomic E-state index is -0.823. The van der Waals surface area contributed by atoms with Crippen LogP contribution in [0.5, 0.6) is 5.75 Å². The monoisotopic (exact) mass is 515 g/mol. The van der Waals surface area contributed by atoms with Gasteiger partial charge in [-0.2, -0.15) is 0 Å². The zero-order chi connectivity index (χ0) is 26.5. The second kappa shape index (κ2) is 11.5. The van der Waals surface area contributed by atoms with Crippen molar-refractivity contribution in [1.82, 2.24) is 4.90 Å². The van der Waals surface area contributed by atoms with Crippen molar-refractivity contribution >= 4 is 35.0 Å². The summed E-state index contributed by atoms with van der Waals surface area (Å²) in [7, 11) is 0. The molecule has 0 radical (unpaired) electrons. The van der Waals surface area contributed by atoms with Gasteiger partial charge in [0.25, 0.3) is 0 Å². The lowest BCUT2D eigenvalue weighted by molar-refractivity contribution is -0.148. The van der Waals surface area contributed by atoms with Crippen LogP contribution in [0.4, 0.5) is 4.39 Å². The lowest BCUT2D eigenvalue weighted by atomic mass is 9.85. The smallest absolute Gasteiger partial charge is 0.353 e. The van der Waals surface area contributed by atoms with Gasteiger partial charge in [0, 0.05) is 28.9 Å². The Morgan fingerprint density at radius 1 is 1.28 bits per heavy atom. The van der Waals surface area contributed by atoms with E-state index >= 15 is 0 Å². The molecule has 0 atom stereocenters. The number of rotatable bonds is 9. The Kier molecular flexibility index (Phi) is 8.62. The molecule has 1 aromatic heterocycles. The van der Waals surface area contributed by atoms with E-state index in [-0.39, 0.29) is 22.4 Å². The molecule has 192 valence electrons. The number of thiophene rings is 1. The normalized spacial score (nSPS) is 15.0. The predicted octanol–water partition coefficient (Wildman–Crippen LogP) is 3.89. The number of nitrogens with two attached hydrogens (primary N) is 1. The number of amides is 1. The topological polar surface area (TPSA) is 122 Å². The molecule has 1 fully saturated rings. The molecule has 0 unspecified atom stereocenters. The van der Waals surface area contributed by atoms with Gasteiger partial charge in [-0.25, -0.2) is 9.18 Å². The third kappa shape index (κ3) is 6.57. The SMILES string of the molecule is C=CCN=C(N)c1ccc(OC(=O)c2ccc(CC(C)(C)C(=O)N3CCC(C(=O)O)CC3)s2)c(F)c1. The molecule has 3 rings (SSSR count). The largest absolute Gasteiger partial charge is 0.481 e. The van der Waals surface area contributed by atoms with Crippen molar-refractivity contribution in [3.63, 3.8) is 0 Å². The summed E-state index contributed by atoms with van der Waals surface area (Å²) in [5, 5.41) is 9.16. The first-order valence-corrected chi connectivity index (χ1v) is 12.4. The summed E-state index contributed by atoms with van der Waals surface area (Å²) >= 11 is 1.18. The van der Waals surface area contributed by atoms with Gasteiger partial charge in [0.2, 0.25) is 5.91 Å². The quantitative estimate of drug-likeness (QED) is 0.172. The average molecular weight is 516 g/mol. The summed E-state index contributed by atoms with van der Waals surface area (Å²) in [6.45, 7) is 8.34. The average Bonchev–Trinajstić information content (AvgIpc) is 3.31. The summed E-state index contributed by atoms with van der Waals surface area (Å²) in [5.41, 5.74) is 5.44. The zero-order valence-corrected chi connectivity index (χ0v) is 21.1. The van der Waals surface area contributed by atoms with Gasteiger partial charge in [-0.15, -0.1) is 17.9 Å². The van der Waals surface area contributed by atoms with Crippen LogP contribution in [0.1, 0.15) is 46.8 Å². The van der Waals surface area contributed by atoms with Gasteiger partial charge in [-0.1, -0.05) is 19.9 Å². The third-order valence-corrected chi connectivity index (χ3v) is 7.08. The zero-order valence-electron chi connectivity index (χ0n) is 20.3. The van der Waals surface area contributed by atoms with Crippen LogP contribution in [0.2, 0.25) is 0 Å². The van der Waals surface area contributed by atoms with Gasteiger partial charge in [0.05, 0.1) is 12.5 Å². The molecule has 3 N–H and O–H groups in total. The number of carbonyl (C=O) groups is 3. The number of hydrogen-bond donors (Lipinski definition) is 2. The molecule has 0 saturated carbocycles. The Hall–Kier alpha value is -3.53. The molecule has 1 aliphatic rings. The van der Waals surface area contributed by atoms with E-state index in [4.69, 9.17) is 15.6 Å². The van der Waals surface area contributed by atoms with Gasteiger partial charge in [-0.3, -0.25) is 14.6 Å². The molecule has 10 heteroatoms. The molecule has 1 aliphatic heterocycles. The van der Waals surface area contributed by atoms with Gasteiger partial charge in [0.1, 0.15) is 10.7 Å². The number of amidine groups is 1. The lowest BCUT2D eigenvalue weighted by Crippen LogP contribution is -2.46. The van der Waals surface area contributed by atoms with E-state index in [1.165, 1.54) is 23.5 Å². The van der Waals surface area contributed by atoms with Crippen molar-refractivity contribution in [1.29, 1.82) is 0 Å². The molecule has 1 aromatic carbocycles. The van der Waals surface area contributed by atoms with Crippen molar-refractivity contribution < 1.29 is 28.6 Å². The number of hydrogen-bond acceptors (Lipinski definition) is 6. The first-order chi connectivity index (χ1) is 17.0. The summed E-state index contributed by atoms with van der Waals surface area (Å²) in [6.07, 6.45) is 2.85. The second-order valence-corrected chi connectivity index (χ2v) is 10.4. The van der Waals surface area contributed by atoms with E-state index in [9.17, 15) is 18.8 Å². The van der Waals surface area contributed by atoms with Gasteiger partial charge in [0.15, 0.2) is 11.6 Å². The molecule has 2 aromatic rings. The number of nitrogens with zero attached hydrogens (tertiary/aromatic N) is 2. The summed E-state index contributed by atoms with van der Waals surface area (Å²) < 4.78 is 19.7. The third-order valence-electron chi connectivity index (χ3n) is 6.01. The molecular formula is C26H30FN3O5S. The van der Waals surface area contributed by atoms with Crippen molar-refractivity contribution in [3.05, 3.63) is 64.1 Å². The minimum Gasteiger partial charge on any atom is -0.481 e. The Morgan fingerprint density at radius 3 is 2.58 bits per heavy atom. The molecule has 1 saturated heterocycles. The number of benzene rings is 1. The van der Waals surface area contributed by atoms with E-state index in [0.29, 0.717) is 44.5 Å². The van der Waals surface area contributed by atoms with Crippen LogP contribution in [-0.2, 0) is 16.0 Å². The number of aliphatic imine (C=N–C) groups is 1. The van der Waals surface area contributed by atoms with Crippen LogP contribution >= 0.6 is 11.3 Å². The molecular weight excluding hydrogens is 485 g/mol. The Bertz CT molecular complexity index is 1180. The van der Waals surface area contributed by atoms with Crippen LogP contribution in [0.3, 0.4) is 0 Å². The predicted molar refractivity (Wildman–Crippen MR) is 136 cm³/mol. The Labute approximate surface area is 213 Å². The van der Waals surface area contributed by atoms with E-state index in [0.717, 1.165) is 10.9 Å². The molecule has 36 heavy (non-hydrogen) atoms. The van der Waals surface area contributed by atoms with Crippen LogP contribution < -0.4 is 10.5 Å². The number of esters is 1. The van der Waals surface area contributed by atoms with Gasteiger partial charge < -0.3 is 20.5 Å². The Balaban J connectivity index is 1.62. The highest BCUT2D eigenvalue weighted by Gasteiger charge is 2.36. The van der Waals surface area contributed by atoms with Gasteiger partial charge in [-0.05, 0) is 49.6 Å². The second-order valence-electron chi connectivity index (χ2n) is 9.28. The van der Waals surface area contributed by atoms with Crippen molar-refractivity contribution in [2.45, 2.75) is 33.1 Å². The van der Waals surface area contributed by atoms with Crippen LogP contribution in [-0.4, -0.2) is 53.3 Å². The summed E-state index contributed by atoms with van der Waals surface area (Å²) in [4.78, 5) is 43.7. The number of carboxylic acids is 1. The maximum Gasteiger partial charge on any atom is 0.353 e. The highest BCUT2D eigenvalue weighted by Crippen LogP contribution is 2.31. The fraction of sp³-hybridized carbons (Fsp3) is 0.385. The van der Waals surface area contributed by atoms with E-state index in [1.54, 1.807) is 23.1 Å². The number of aliphatic carboxylic acids is 1. The van der Waals surface area contributed by atoms with Crippen LogP contribution in [0.25, 0.3) is 0 Å². The highest BCUT2D eigenvalue weighted by atomic mass is 32.1. The van der Waals surface area contributed by atoms with Crippen molar-refractivity contribution in [3.8, 4) is 5.75 Å². The summed E-state index contributed by atoms with van der Waals surface area (Å²) in [6, 6.07) is 7.33. The maximum atomic E-state index is 14.5. The fourth-order valence-electron chi connectivity index (χ4n) is 4.00. The Morgan fingerprint density at radius 2 is 1.97 bits per heavy atom. The molecule has 1 amide bonds. The van der Waals surface area contributed by atoms with Crippen LogP contribution in [0.15, 0.2) is 48.0 Å². The molecule has 0 bridgehead atoms. The number of ether oxygens (including phenoxy) is 1. The van der Waals surface area contributed by atoms with E-state index < -0.39 is 29.1 Å². The van der Waals surface area contributed by atoms with Crippen molar-refractivity contribution in [2.75, 3.05) is 19.6 Å². The molecule has 2 heterocycles. The number of halogens is 1.